The number of esters is 1. The Morgan fingerprint density at radius 3 is 1.55 bits per heavy atom. The van der Waals surface area contributed by atoms with Crippen LogP contribution < -0.4 is 0 Å². The molecule has 0 bridgehead atoms. The summed E-state index contributed by atoms with van der Waals surface area (Å²) in [6, 6.07) is 11.8. The van der Waals surface area contributed by atoms with Gasteiger partial charge in [-0.25, -0.2) is 0 Å². The van der Waals surface area contributed by atoms with Crippen molar-refractivity contribution >= 4 is 26.2 Å². The zero-order valence-electron chi connectivity index (χ0n) is 33.3. The Balaban J connectivity index is 1.50. The van der Waals surface area contributed by atoms with Crippen molar-refractivity contribution in [2.75, 3.05) is 19.8 Å². The number of unbranched alkanes of at least 4 members (excludes halogenated alkanes) is 14. The minimum absolute atomic E-state index is 0.119. The number of carbonyl (C=O) groups excluding carboxylic acids is 1. The molecule has 1 saturated heterocycles. The maximum atomic E-state index is 13.0. The normalized spacial score (nSPS) is 20.9. The molecule has 13 nitrogen and oxygen atoms in total. The largest absolute Gasteiger partial charge is 0.463 e. The van der Waals surface area contributed by atoms with Gasteiger partial charge in [-0.3, -0.25) is 13.2 Å². The van der Waals surface area contributed by atoms with Gasteiger partial charge in [-0.1, -0.05) is 132 Å². The van der Waals surface area contributed by atoms with Crippen LogP contribution in [0.3, 0.4) is 0 Å². The average molecular weight is 829 g/mol. The molecule has 15 heteroatoms. The Hall–Kier alpha value is -2.47. The van der Waals surface area contributed by atoms with Gasteiger partial charge in [0, 0.05) is 6.42 Å². The lowest BCUT2D eigenvalue weighted by atomic mass is 9.99. The third-order valence-electron chi connectivity index (χ3n) is 9.83. The Kier molecular flexibility index (Phi) is 21.5. The second-order valence-electron chi connectivity index (χ2n) is 14.8. The second kappa shape index (κ2) is 25.1. The quantitative estimate of drug-likeness (QED) is 0.0485. The van der Waals surface area contributed by atoms with Gasteiger partial charge >= 0.3 is 5.97 Å². The van der Waals surface area contributed by atoms with Crippen LogP contribution in [0, 0.1) is 13.8 Å². The molecular weight excluding hydrogens is 765 g/mol. The van der Waals surface area contributed by atoms with Gasteiger partial charge in [0.25, 0.3) is 20.2 Å². The van der Waals surface area contributed by atoms with Gasteiger partial charge in [0.2, 0.25) is 0 Å². The van der Waals surface area contributed by atoms with E-state index in [1.165, 1.54) is 94.9 Å². The molecule has 1 fully saturated rings. The van der Waals surface area contributed by atoms with Crippen molar-refractivity contribution in [2.24, 2.45) is 0 Å². The molecule has 56 heavy (non-hydrogen) atoms. The zero-order valence-corrected chi connectivity index (χ0v) is 34.9. The van der Waals surface area contributed by atoms with Crippen molar-refractivity contribution in [3.05, 3.63) is 59.7 Å². The summed E-state index contributed by atoms with van der Waals surface area (Å²) in [5.74, 6) is -0.539. The molecule has 1 aliphatic heterocycles. The van der Waals surface area contributed by atoms with Gasteiger partial charge in [-0.15, -0.1) is 0 Å². The van der Waals surface area contributed by atoms with Crippen molar-refractivity contribution in [3.63, 3.8) is 0 Å². The van der Waals surface area contributed by atoms with E-state index in [-0.39, 0.29) is 16.2 Å². The minimum atomic E-state index is -4.29. The summed E-state index contributed by atoms with van der Waals surface area (Å²) in [6.07, 6.45) is 7.88. The van der Waals surface area contributed by atoms with E-state index in [9.17, 15) is 36.9 Å². The fraction of sp³-hybridized carbons (Fsp3) is 0.683. The molecule has 1 aliphatic rings. The molecule has 318 valence electrons. The van der Waals surface area contributed by atoms with Crippen molar-refractivity contribution in [2.45, 2.75) is 170 Å². The smallest absolute Gasteiger partial charge is 0.305 e. The molecule has 2 aromatic rings. The predicted octanol–water partition coefficient (Wildman–Crippen LogP) is 6.41. The third-order valence-corrected chi connectivity index (χ3v) is 12.4. The molecule has 0 saturated carbocycles. The van der Waals surface area contributed by atoms with E-state index in [1.54, 1.807) is 38.1 Å². The highest BCUT2D eigenvalue weighted by Gasteiger charge is 2.46. The number of benzene rings is 2. The predicted molar refractivity (Wildman–Crippen MR) is 211 cm³/mol. The van der Waals surface area contributed by atoms with E-state index in [4.69, 9.17) is 22.6 Å². The highest BCUT2D eigenvalue weighted by atomic mass is 32.2. The Morgan fingerprint density at radius 1 is 0.625 bits per heavy atom. The first-order chi connectivity index (χ1) is 26.7. The number of hydrogen-bond acceptors (Lipinski definition) is 13. The van der Waals surface area contributed by atoms with E-state index >= 15 is 0 Å². The Bertz CT molecular complexity index is 1620. The van der Waals surface area contributed by atoms with Crippen LogP contribution in [0.2, 0.25) is 0 Å². The summed E-state index contributed by atoms with van der Waals surface area (Å²) in [5.41, 5.74) is 1.66. The van der Waals surface area contributed by atoms with Crippen LogP contribution in [0.1, 0.15) is 121 Å². The number of aryl methyl sites for hydroxylation is 2. The molecule has 1 heterocycles. The monoisotopic (exact) mass is 828 g/mol. The van der Waals surface area contributed by atoms with Gasteiger partial charge in [0.05, 0.1) is 23.0 Å². The molecule has 2 aromatic carbocycles. The highest BCUT2D eigenvalue weighted by molar-refractivity contribution is 7.87. The Labute approximate surface area is 334 Å². The lowest BCUT2D eigenvalue weighted by molar-refractivity contribution is -0.313. The first-order valence-electron chi connectivity index (χ1n) is 20.2. The number of carbonyl (C=O) groups is 1. The van der Waals surface area contributed by atoms with Gasteiger partial charge in [0.1, 0.15) is 37.1 Å². The topological polar surface area (TPSA) is 192 Å². The Morgan fingerprint density at radius 2 is 1.07 bits per heavy atom. The molecule has 0 radical (unpaired) electrons. The number of hydrogen-bond donors (Lipinski definition) is 3. The molecule has 0 aromatic heterocycles. The van der Waals surface area contributed by atoms with Crippen LogP contribution >= 0.6 is 0 Å². The molecular formula is C41H64O13S2. The van der Waals surface area contributed by atoms with E-state index < -0.39 is 82.8 Å². The molecule has 6 atom stereocenters. The molecule has 3 rings (SSSR count). The summed E-state index contributed by atoms with van der Waals surface area (Å²) >= 11 is 0. The fourth-order valence-corrected chi connectivity index (χ4v) is 8.10. The number of aliphatic hydroxyl groups excluding tert-OH is 3. The highest BCUT2D eigenvalue weighted by Crippen LogP contribution is 2.26. The van der Waals surface area contributed by atoms with Crippen molar-refractivity contribution in [1.29, 1.82) is 0 Å². The molecule has 3 N–H and O–H groups in total. The van der Waals surface area contributed by atoms with Crippen molar-refractivity contribution in [3.8, 4) is 0 Å². The summed E-state index contributed by atoms with van der Waals surface area (Å²) in [7, 11) is -8.57. The van der Waals surface area contributed by atoms with E-state index in [1.807, 2.05) is 0 Å². The average Bonchev–Trinajstić information content (AvgIpc) is 3.17. The van der Waals surface area contributed by atoms with Gasteiger partial charge in [-0.05, 0) is 44.5 Å². The van der Waals surface area contributed by atoms with Crippen LogP contribution in [0.25, 0.3) is 0 Å². The SMILES string of the molecule is CCCCCCCCCCCCCCCCCC(=O)OC[C@@H](COS(=O)(=O)c1ccc(C)cc1)O[C@@H]1O[C@H](COS(=O)(=O)c2ccc(C)cc2)[C@@H](O)[C@H](O)[C@H]1O. The molecule has 0 unspecified atom stereocenters. The summed E-state index contributed by atoms with van der Waals surface area (Å²) in [5, 5.41) is 31.9. The number of ether oxygens (including phenoxy) is 3. The van der Waals surface area contributed by atoms with E-state index in [2.05, 4.69) is 6.92 Å². The maximum Gasteiger partial charge on any atom is 0.305 e. The zero-order chi connectivity index (χ0) is 41.0. The van der Waals surface area contributed by atoms with Gasteiger partial charge < -0.3 is 29.5 Å². The van der Waals surface area contributed by atoms with E-state index in [0.29, 0.717) is 6.42 Å². The van der Waals surface area contributed by atoms with Gasteiger partial charge in [-0.2, -0.15) is 16.8 Å². The minimum Gasteiger partial charge on any atom is -0.463 e. The fourth-order valence-electron chi connectivity index (χ4n) is 6.25. The van der Waals surface area contributed by atoms with Crippen molar-refractivity contribution < 1.29 is 59.5 Å². The van der Waals surface area contributed by atoms with Crippen LogP contribution in [-0.4, -0.2) is 94.8 Å². The van der Waals surface area contributed by atoms with Crippen LogP contribution in [0.15, 0.2) is 58.3 Å². The molecule has 0 spiro atoms. The van der Waals surface area contributed by atoms with Crippen LogP contribution in [0.5, 0.6) is 0 Å². The summed E-state index contributed by atoms with van der Waals surface area (Å²) < 4.78 is 78.6. The van der Waals surface area contributed by atoms with Crippen LogP contribution in [-0.2, 0) is 47.6 Å². The summed E-state index contributed by atoms with van der Waals surface area (Å²) in [6.45, 7) is 3.91. The maximum absolute atomic E-state index is 13.0. The number of rotatable bonds is 28. The third kappa shape index (κ3) is 17.2. The van der Waals surface area contributed by atoms with Crippen LogP contribution in [0.4, 0.5) is 0 Å². The lowest BCUT2D eigenvalue weighted by Crippen LogP contribution is -2.60. The van der Waals surface area contributed by atoms with E-state index in [0.717, 1.165) is 30.4 Å². The lowest BCUT2D eigenvalue weighted by Gasteiger charge is -2.41. The van der Waals surface area contributed by atoms with Crippen molar-refractivity contribution in [1.82, 2.24) is 0 Å². The summed E-state index contributed by atoms with van der Waals surface area (Å²) in [4.78, 5) is 12.4. The molecule has 0 aliphatic carbocycles. The first-order valence-corrected chi connectivity index (χ1v) is 23.0. The molecule has 0 amide bonds. The second-order valence-corrected chi connectivity index (χ2v) is 18.0. The standard InChI is InChI=1S/C41H64O13S2/c1-4-5-6-7-8-9-10-11-12-13-14-15-16-17-18-19-37(42)50-28-33(29-51-55(46,47)34-24-20-31(2)21-25-34)53-41-40(45)39(44)38(43)36(54-41)30-52-56(48,49)35-26-22-32(3)23-27-35/h20-27,33,36,38-41,43-45H,4-19,28-30H2,1-3H3/t33-,36+,38+,39-,40+,41+/m0/s1. The first kappa shape index (κ1) is 47.9. The van der Waals surface area contributed by atoms with Gasteiger partial charge in [0.15, 0.2) is 6.29 Å². The number of aliphatic hydroxyl groups is 3.